The maximum Gasteiger partial charge on any atom is 0.0588 e. The zero-order valence-electron chi connectivity index (χ0n) is 12.9. The van der Waals surface area contributed by atoms with Crippen molar-refractivity contribution >= 4 is 0 Å². The Balaban J connectivity index is 1.92. The molecule has 1 saturated heterocycles. The summed E-state index contributed by atoms with van der Waals surface area (Å²) in [5.41, 5.74) is 6.46. The van der Waals surface area contributed by atoms with Crippen molar-refractivity contribution in [2.75, 3.05) is 26.2 Å². The van der Waals surface area contributed by atoms with E-state index >= 15 is 0 Å². The van der Waals surface area contributed by atoms with E-state index in [-0.39, 0.29) is 5.54 Å². The van der Waals surface area contributed by atoms with Crippen LogP contribution in [0.15, 0.2) is 0 Å². The van der Waals surface area contributed by atoms with E-state index in [0.717, 1.165) is 32.2 Å². The first kappa shape index (κ1) is 15.3. The Kier molecular flexibility index (Phi) is 5.67. The lowest BCUT2D eigenvalue weighted by molar-refractivity contribution is 0.0246. The first-order valence-corrected chi connectivity index (χ1v) is 8.27. The maximum atomic E-state index is 6.19. The highest BCUT2D eigenvalue weighted by Crippen LogP contribution is 2.36. The third-order valence-electron chi connectivity index (χ3n) is 5.24. The van der Waals surface area contributed by atoms with Gasteiger partial charge in [-0.2, -0.15) is 0 Å². The maximum absolute atomic E-state index is 6.19. The number of ether oxygens (including phenoxy) is 1. The van der Waals surface area contributed by atoms with Crippen LogP contribution in [0.3, 0.4) is 0 Å². The molecule has 3 unspecified atom stereocenters. The molecule has 19 heavy (non-hydrogen) atoms. The van der Waals surface area contributed by atoms with E-state index in [0.29, 0.717) is 6.10 Å². The van der Waals surface area contributed by atoms with Crippen LogP contribution in [0.1, 0.15) is 58.8 Å². The highest BCUT2D eigenvalue weighted by Gasteiger charge is 2.38. The molecule has 2 fully saturated rings. The van der Waals surface area contributed by atoms with Crippen LogP contribution in [0.4, 0.5) is 0 Å². The van der Waals surface area contributed by atoms with Crippen molar-refractivity contribution in [3.8, 4) is 0 Å². The van der Waals surface area contributed by atoms with E-state index in [1.165, 1.54) is 44.9 Å². The lowest BCUT2D eigenvalue weighted by atomic mass is 9.75. The number of rotatable bonds is 6. The summed E-state index contributed by atoms with van der Waals surface area (Å²) in [5, 5.41) is 0. The minimum Gasteiger partial charge on any atom is -0.378 e. The fourth-order valence-corrected chi connectivity index (χ4v) is 4.14. The predicted octanol–water partition coefficient (Wildman–Crippen LogP) is 2.79. The standard InChI is InChI=1S/C16H32N2O/c1-3-18(10-8-15-7-5-11-19-15)16(13-17)9-4-6-14(2)12-16/h14-15H,3-13,17H2,1-2H3. The van der Waals surface area contributed by atoms with Gasteiger partial charge in [-0.1, -0.05) is 26.7 Å². The van der Waals surface area contributed by atoms with Crippen molar-refractivity contribution in [3.05, 3.63) is 0 Å². The van der Waals surface area contributed by atoms with Gasteiger partial charge in [0, 0.05) is 25.2 Å². The molecule has 3 heteroatoms. The Morgan fingerprint density at radius 2 is 2.16 bits per heavy atom. The second kappa shape index (κ2) is 7.05. The number of hydrogen-bond acceptors (Lipinski definition) is 3. The van der Waals surface area contributed by atoms with Gasteiger partial charge in [-0.25, -0.2) is 0 Å². The molecule has 1 aliphatic heterocycles. The van der Waals surface area contributed by atoms with Crippen molar-refractivity contribution in [1.29, 1.82) is 0 Å². The van der Waals surface area contributed by atoms with Crippen LogP contribution in [0.2, 0.25) is 0 Å². The highest BCUT2D eigenvalue weighted by atomic mass is 16.5. The van der Waals surface area contributed by atoms with E-state index in [1.54, 1.807) is 0 Å². The molecule has 3 atom stereocenters. The molecular weight excluding hydrogens is 236 g/mol. The Labute approximate surface area is 118 Å². The molecule has 0 aromatic carbocycles. The molecule has 2 aliphatic rings. The van der Waals surface area contributed by atoms with Crippen molar-refractivity contribution < 1.29 is 4.74 Å². The lowest BCUT2D eigenvalue weighted by Crippen LogP contribution is -2.56. The number of hydrogen-bond donors (Lipinski definition) is 1. The zero-order valence-corrected chi connectivity index (χ0v) is 12.9. The summed E-state index contributed by atoms with van der Waals surface area (Å²) in [6.07, 6.45) is 9.48. The summed E-state index contributed by atoms with van der Waals surface area (Å²) >= 11 is 0. The van der Waals surface area contributed by atoms with Crippen molar-refractivity contribution in [2.45, 2.75) is 70.4 Å². The van der Waals surface area contributed by atoms with Crippen molar-refractivity contribution in [1.82, 2.24) is 4.90 Å². The average Bonchev–Trinajstić information content (AvgIpc) is 2.92. The molecule has 0 spiro atoms. The van der Waals surface area contributed by atoms with Crippen LogP contribution in [0.5, 0.6) is 0 Å². The highest BCUT2D eigenvalue weighted by molar-refractivity contribution is 4.95. The molecule has 112 valence electrons. The number of likely N-dealkylation sites (N-methyl/N-ethyl adjacent to an activating group) is 1. The smallest absolute Gasteiger partial charge is 0.0588 e. The second-order valence-electron chi connectivity index (χ2n) is 6.63. The van der Waals surface area contributed by atoms with E-state index in [4.69, 9.17) is 10.5 Å². The van der Waals surface area contributed by atoms with Crippen LogP contribution in [0.25, 0.3) is 0 Å². The number of nitrogens with zero attached hydrogens (tertiary/aromatic N) is 1. The largest absolute Gasteiger partial charge is 0.378 e. The molecule has 0 bridgehead atoms. The fourth-order valence-electron chi connectivity index (χ4n) is 4.14. The molecule has 0 radical (unpaired) electrons. The summed E-state index contributed by atoms with van der Waals surface area (Å²) < 4.78 is 5.76. The first-order valence-electron chi connectivity index (χ1n) is 8.27. The molecule has 3 nitrogen and oxygen atoms in total. The predicted molar refractivity (Wildman–Crippen MR) is 80.3 cm³/mol. The summed E-state index contributed by atoms with van der Waals surface area (Å²) in [7, 11) is 0. The Morgan fingerprint density at radius 1 is 1.32 bits per heavy atom. The Bertz CT molecular complexity index is 265. The quantitative estimate of drug-likeness (QED) is 0.805. The van der Waals surface area contributed by atoms with Crippen LogP contribution >= 0.6 is 0 Å². The van der Waals surface area contributed by atoms with Crippen LogP contribution in [-0.4, -0.2) is 42.8 Å². The van der Waals surface area contributed by atoms with Gasteiger partial charge >= 0.3 is 0 Å². The number of nitrogens with two attached hydrogens (primary N) is 1. The van der Waals surface area contributed by atoms with E-state index in [9.17, 15) is 0 Å². The zero-order chi connectivity index (χ0) is 13.7. The summed E-state index contributed by atoms with van der Waals surface area (Å²) in [4.78, 5) is 2.66. The average molecular weight is 268 g/mol. The van der Waals surface area contributed by atoms with E-state index < -0.39 is 0 Å². The van der Waals surface area contributed by atoms with E-state index in [1.807, 2.05) is 0 Å². The summed E-state index contributed by atoms with van der Waals surface area (Å²) in [5.74, 6) is 0.828. The SMILES string of the molecule is CCN(CCC1CCCO1)C1(CN)CCCC(C)C1. The van der Waals surface area contributed by atoms with Gasteiger partial charge in [-0.15, -0.1) is 0 Å². The molecule has 2 N–H and O–H groups in total. The topological polar surface area (TPSA) is 38.5 Å². The van der Waals surface area contributed by atoms with Gasteiger partial charge in [0.15, 0.2) is 0 Å². The molecule has 0 aromatic rings. The summed E-state index contributed by atoms with van der Waals surface area (Å²) in [6.45, 7) is 8.73. The van der Waals surface area contributed by atoms with Crippen LogP contribution in [-0.2, 0) is 4.74 Å². The summed E-state index contributed by atoms with van der Waals surface area (Å²) in [6, 6.07) is 0. The molecule has 1 saturated carbocycles. The third kappa shape index (κ3) is 3.71. The second-order valence-corrected chi connectivity index (χ2v) is 6.63. The molecular formula is C16H32N2O. The van der Waals surface area contributed by atoms with E-state index in [2.05, 4.69) is 18.7 Å². The monoisotopic (exact) mass is 268 g/mol. The van der Waals surface area contributed by atoms with Crippen molar-refractivity contribution in [3.63, 3.8) is 0 Å². The van der Waals surface area contributed by atoms with Crippen molar-refractivity contribution in [2.24, 2.45) is 11.7 Å². The first-order chi connectivity index (χ1) is 9.20. The van der Waals surface area contributed by atoms with Gasteiger partial charge in [-0.05, 0) is 44.6 Å². The third-order valence-corrected chi connectivity index (χ3v) is 5.24. The molecule has 0 amide bonds. The van der Waals surface area contributed by atoms with Crippen LogP contribution in [0, 0.1) is 5.92 Å². The molecule has 0 aromatic heterocycles. The van der Waals surface area contributed by atoms with Gasteiger partial charge in [0.25, 0.3) is 0 Å². The minimum atomic E-state index is 0.269. The normalized spacial score (nSPS) is 36.0. The lowest BCUT2D eigenvalue weighted by Gasteiger charge is -2.48. The van der Waals surface area contributed by atoms with Crippen LogP contribution < -0.4 is 5.73 Å². The Morgan fingerprint density at radius 3 is 2.74 bits per heavy atom. The van der Waals surface area contributed by atoms with Gasteiger partial charge < -0.3 is 10.5 Å². The van der Waals surface area contributed by atoms with Gasteiger partial charge in [0.2, 0.25) is 0 Å². The fraction of sp³-hybridized carbons (Fsp3) is 1.00. The molecule has 2 rings (SSSR count). The van der Waals surface area contributed by atoms with Gasteiger partial charge in [-0.3, -0.25) is 4.90 Å². The molecule has 1 heterocycles. The van der Waals surface area contributed by atoms with Gasteiger partial charge in [0.05, 0.1) is 6.10 Å². The van der Waals surface area contributed by atoms with Gasteiger partial charge in [0.1, 0.15) is 0 Å². The molecule has 1 aliphatic carbocycles. The Hall–Kier alpha value is -0.120. The minimum absolute atomic E-state index is 0.269.